The number of nitrogens with zero attached hydrogens (tertiary/aromatic N) is 1. The van der Waals surface area contributed by atoms with E-state index >= 15 is 0 Å². The highest BCUT2D eigenvalue weighted by molar-refractivity contribution is 5.92. The van der Waals surface area contributed by atoms with E-state index in [0.29, 0.717) is 25.8 Å². The van der Waals surface area contributed by atoms with Crippen molar-refractivity contribution in [1.29, 1.82) is 0 Å². The molecule has 3 fully saturated rings. The molecule has 194 valence electrons. The second-order valence-corrected chi connectivity index (χ2v) is 12.1. The number of ketones is 1. The smallest absolute Gasteiger partial charge is 0.306 e. The average Bonchev–Trinajstić information content (AvgIpc) is 2.72. The van der Waals surface area contributed by atoms with Crippen LogP contribution in [0.15, 0.2) is 12.7 Å². The van der Waals surface area contributed by atoms with Crippen LogP contribution in [0.5, 0.6) is 0 Å². The summed E-state index contributed by atoms with van der Waals surface area (Å²) >= 11 is 0. The highest BCUT2D eigenvalue weighted by atomic mass is 16.6. The Bertz CT molecular complexity index is 843. The van der Waals surface area contributed by atoms with E-state index in [9.17, 15) is 24.9 Å². The fourth-order valence-corrected chi connectivity index (χ4v) is 7.15. The van der Waals surface area contributed by atoms with Gasteiger partial charge in [0.15, 0.2) is 11.4 Å². The third-order valence-corrected chi connectivity index (χ3v) is 8.99. The molecule has 0 aromatic heterocycles. The van der Waals surface area contributed by atoms with Crippen LogP contribution in [0.25, 0.3) is 0 Å². The minimum absolute atomic E-state index is 0.139. The van der Waals surface area contributed by atoms with Crippen molar-refractivity contribution in [2.75, 3.05) is 20.6 Å². The predicted molar refractivity (Wildman–Crippen MR) is 127 cm³/mol. The molecule has 1 aliphatic heterocycles. The van der Waals surface area contributed by atoms with Crippen LogP contribution in [0, 0.1) is 16.7 Å². The number of ether oxygens (including phenoxy) is 2. The summed E-state index contributed by atoms with van der Waals surface area (Å²) in [5.74, 6) is -1.66. The van der Waals surface area contributed by atoms with Crippen molar-refractivity contribution in [3.05, 3.63) is 12.7 Å². The molecule has 1 saturated heterocycles. The van der Waals surface area contributed by atoms with E-state index in [2.05, 4.69) is 6.58 Å². The third-order valence-electron chi connectivity index (χ3n) is 8.99. The zero-order chi connectivity index (χ0) is 25.9. The number of hydrogen-bond donors (Lipinski definition) is 3. The zero-order valence-electron chi connectivity index (χ0n) is 21.8. The van der Waals surface area contributed by atoms with Crippen LogP contribution in [0.4, 0.5) is 0 Å². The molecule has 8 atom stereocenters. The lowest BCUT2D eigenvalue weighted by Crippen LogP contribution is -2.86. The first kappa shape index (κ1) is 27.3. The van der Waals surface area contributed by atoms with E-state index < -0.39 is 63.6 Å². The number of carbonyl (C=O) groups excluding carboxylic acids is 2. The van der Waals surface area contributed by atoms with Gasteiger partial charge in [-0.25, -0.2) is 0 Å². The van der Waals surface area contributed by atoms with Crippen molar-refractivity contribution < 1.29 is 34.4 Å². The second-order valence-electron chi connectivity index (χ2n) is 12.1. The summed E-state index contributed by atoms with van der Waals surface area (Å²) in [6, 6.07) is 0. The van der Waals surface area contributed by atoms with Gasteiger partial charge < -0.3 is 29.7 Å². The summed E-state index contributed by atoms with van der Waals surface area (Å²) in [4.78, 5) is 28.6. The number of fused-ring (bicyclic) bond motifs is 3. The van der Waals surface area contributed by atoms with Gasteiger partial charge in [0.05, 0.1) is 11.7 Å². The van der Waals surface area contributed by atoms with Crippen molar-refractivity contribution >= 4 is 11.8 Å². The van der Waals surface area contributed by atoms with Gasteiger partial charge >= 0.3 is 5.97 Å². The Labute approximate surface area is 203 Å². The maximum atomic E-state index is 13.7. The molecule has 8 heteroatoms. The number of aliphatic hydroxyl groups excluding tert-OH is 2. The number of esters is 1. The molecule has 0 aromatic rings. The summed E-state index contributed by atoms with van der Waals surface area (Å²) in [6.07, 6.45) is -0.579. The molecule has 0 bridgehead atoms. The van der Waals surface area contributed by atoms with Crippen LogP contribution in [-0.2, 0) is 19.1 Å². The standard InChI is InChI=1S/C26H43NO7/c1-9-23(4)15-17(29)26(32)24(5)16(28)12-13-22(2,3)20(24)19(21(31)25(26,6)34-23)33-18(30)11-10-14-27(7)8/h9,16,19-21,28,31-32H,1,10-15H2,2-8H3/t16-,19-,20-,21-,23-,24-,25+,26-/m0/s1. The maximum Gasteiger partial charge on any atom is 0.306 e. The molecule has 0 unspecified atom stereocenters. The first-order valence-electron chi connectivity index (χ1n) is 12.3. The van der Waals surface area contributed by atoms with Gasteiger partial charge in [-0.15, -0.1) is 6.58 Å². The van der Waals surface area contributed by atoms with Crippen LogP contribution in [0.1, 0.15) is 66.7 Å². The molecule has 3 rings (SSSR count). The molecular weight excluding hydrogens is 438 g/mol. The van der Waals surface area contributed by atoms with E-state index in [-0.39, 0.29) is 12.8 Å². The monoisotopic (exact) mass is 481 g/mol. The van der Waals surface area contributed by atoms with Gasteiger partial charge in [-0.3, -0.25) is 9.59 Å². The topological polar surface area (TPSA) is 117 Å². The van der Waals surface area contributed by atoms with E-state index in [1.165, 1.54) is 13.0 Å². The van der Waals surface area contributed by atoms with Crippen LogP contribution >= 0.6 is 0 Å². The fourth-order valence-electron chi connectivity index (χ4n) is 7.15. The van der Waals surface area contributed by atoms with Gasteiger partial charge in [0.25, 0.3) is 0 Å². The third kappa shape index (κ3) is 3.77. The Hall–Kier alpha value is -1.32. The van der Waals surface area contributed by atoms with Gasteiger partial charge in [-0.1, -0.05) is 26.8 Å². The molecule has 34 heavy (non-hydrogen) atoms. The molecule has 0 radical (unpaired) electrons. The normalized spacial score (nSPS) is 45.9. The first-order valence-corrected chi connectivity index (χ1v) is 12.3. The molecule has 0 spiro atoms. The van der Waals surface area contributed by atoms with Gasteiger partial charge in [0.1, 0.15) is 17.8 Å². The number of rotatable bonds is 6. The lowest BCUT2D eigenvalue weighted by molar-refractivity contribution is -0.370. The van der Waals surface area contributed by atoms with Gasteiger partial charge in [-0.05, 0) is 59.2 Å². The largest absolute Gasteiger partial charge is 0.459 e. The Morgan fingerprint density at radius 3 is 2.41 bits per heavy atom. The van der Waals surface area contributed by atoms with Crippen molar-refractivity contribution in [2.24, 2.45) is 16.7 Å². The van der Waals surface area contributed by atoms with Crippen molar-refractivity contribution in [3.8, 4) is 0 Å². The number of Topliss-reactive ketones (excluding diaryl/α,β-unsaturated/α-hetero) is 1. The molecule has 0 amide bonds. The van der Waals surface area contributed by atoms with E-state index in [1.54, 1.807) is 13.8 Å². The molecule has 1 heterocycles. The molecule has 3 N–H and O–H groups in total. The van der Waals surface area contributed by atoms with E-state index in [0.717, 1.165) is 0 Å². The van der Waals surface area contributed by atoms with E-state index in [1.807, 2.05) is 32.8 Å². The molecule has 8 nitrogen and oxygen atoms in total. The first-order chi connectivity index (χ1) is 15.5. The molecule has 2 saturated carbocycles. The maximum absolute atomic E-state index is 13.7. The highest BCUT2D eigenvalue weighted by Gasteiger charge is 2.81. The van der Waals surface area contributed by atoms with Crippen molar-refractivity contribution in [3.63, 3.8) is 0 Å². The summed E-state index contributed by atoms with van der Waals surface area (Å²) in [5, 5.41) is 35.3. The molecule has 0 aromatic carbocycles. The molecule has 3 aliphatic rings. The Morgan fingerprint density at radius 2 is 1.85 bits per heavy atom. The van der Waals surface area contributed by atoms with Crippen LogP contribution in [-0.4, -0.2) is 87.7 Å². The van der Waals surface area contributed by atoms with Crippen molar-refractivity contribution in [2.45, 2.75) is 102 Å². The average molecular weight is 482 g/mol. The molecule has 2 aliphatic carbocycles. The van der Waals surface area contributed by atoms with Gasteiger partial charge in [-0.2, -0.15) is 0 Å². The lowest BCUT2D eigenvalue weighted by atomic mass is 9.40. The fraction of sp³-hybridized carbons (Fsp3) is 0.846. The van der Waals surface area contributed by atoms with Crippen molar-refractivity contribution in [1.82, 2.24) is 4.90 Å². The summed E-state index contributed by atoms with van der Waals surface area (Å²) in [7, 11) is 3.84. The predicted octanol–water partition coefficient (Wildman–Crippen LogP) is 1.84. The molecular formula is C26H43NO7. The SMILES string of the molecule is C=C[C@@]1(C)CC(=O)[C@]2(O)[C@@]3(C)[C@@H](O)CCC(C)(C)[C@@H]3[C@H](OC(=O)CCCN(C)C)[C@H](O)[C@@]2(C)O1. The lowest BCUT2D eigenvalue weighted by Gasteiger charge is -2.71. The van der Waals surface area contributed by atoms with Crippen LogP contribution in [0.3, 0.4) is 0 Å². The number of carbonyl (C=O) groups is 2. The summed E-state index contributed by atoms with van der Waals surface area (Å²) in [5.41, 5.74) is -7.12. The second kappa shape index (κ2) is 8.66. The quantitative estimate of drug-likeness (QED) is 0.389. The van der Waals surface area contributed by atoms with Gasteiger partial charge in [0.2, 0.25) is 0 Å². The Morgan fingerprint density at radius 1 is 1.24 bits per heavy atom. The number of hydrogen-bond acceptors (Lipinski definition) is 8. The highest BCUT2D eigenvalue weighted by Crippen LogP contribution is 2.67. The minimum Gasteiger partial charge on any atom is -0.459 e. The van der Waals surface area contributed by atoms with E-state index in [4.69, 9.17) is 9.47 Å². The van der Waals surface area contributed by atoms with Gasteiger partial charge in [0, 0.05) is 24.2 Å². The van der Waals surface area contributed by atoms with Crippen LogP contribution in [0.2, 0.25) is 0 Å². The Balaban J connectivity index is 2.13. The zero-order valence-corrected chi connectivity index (χ0v) is 21.8. The summed E-state index contributed by atoms with van der Waals surface area (Å²) in [6.45, 7) is 13.3. The Kier molecular flexibility index (Phi) is 6.95. The minimum atomic E-state index is -2.20. The van der Waals surface area contributed by atoms with Crippen LogP contribution < -0.4 is 0 Å². The summed E-state index contributed by atoms with van der Waals surface area (Å²) < 4.78 is 12.3. The number of aliphatic hydroxyl groups is 3.